The average Bonchev–Trinajstić information content (AvgIpc) is 2.17. The van der Waals surface area contributed by atoms with E-state index in [-0.39, 0.29) is 0 Å². The summed E-state index contributed by atoms with van der Waals surface area (Å²) in [5, 5.41) is 27.0. The van der Waals surface area contributed by atoms with Crippen molar-refractivity contribution < 1.29 is 15.3 Å². The molecule has 0 aromatic heterocycles. The lowest BCUT2D eigenvalue weighted by atomic mass is 10.1. The zero-order valence-corrected chi connectivity index (χ0v) is 6.59. The Labute approximate surface area is 70.9 Å². The maximum absolute atomic E-state index is 9.38. The summed E-state index contributed by atoms with van der Waals surface area (Å²) < 4.78 is 0. The molecule has 1 rings (SSSR count). The number of hydrogen-bond acceptors (Lipinski definition) is 3. The van der Waals surface area contributed by atoms with Crippen molar-refractivity contribution >= 4 is 0 Å². The Balaban J connectivity index is 2.71. The van der Waals surface area contributed by atoms with E-state index < -0.39 is 18.8 Å². The summed E-state index contributed by atoms with van der Waals surface area (Å²) in [5.74, 6) is 0. The zero-order valence-electron chi connectivity index (χ0n) is 6.59. The third-order valence-electron chi connectivity index (χ3n) is 1.69. The second kappa shape index (κ2) is 4.21. The first kappa shape index (κ1) is 9.19. The molecule has 3 nitrogen and oxygen atoms in total. The van der Waals surface area contributed by atoms with Crippen molar-refractivity contribution in [2.75, 3.05) is 6.61 Å². The second-order valence-corrected chi connectivity index (χ2v) is 2.61. The summed E-state index contributed by atoms with van der Waals surface area (Å²) in [6.45, 7) is -0.434. The summed E-state index contributed by atoms with van der Waals surface area (Å²) >= 11 is 0. The van der Waals surface area contributed by atoms with E-state index in [1.807, 2.05) is 6.07 Å². The van der Waals surface area contributed by atoms with Crippen molar-refractivity contribution in [3.8, 4) is 0 Å². The molecule has 0 aliphatic rings. The van der Waals surface area contributed by atoms with Crippen LogP contribution < -0.4 is 0 Å². The maximum Gasteiger partial charge on any atom is 0.107 e. The molecule has 1 aromatic carbocycles. The van der Waals surface area contributed by atoms with Gasteiger partial charge in [0.1, 0.15) is 12.2 Å². The number of benzene rings is 1. The van der Waals surface area contributed by atoms with Gasteiger partial charge < -0.3 is 15.3 Å². The number of hydrogen-bond donors (Lipinski definition) is 3. The predicted octanol–water partition coefficient (Wildman–Crippen LogP) is 0.0732. The van der Waals surface area contributed by atoms with E-state index in [0.29, 0.717) is 5.56 Å². The van der Waals surface area contributed by atoms with Gasteiger partial charge >= 0.3 is 0 Å². The Morgan fingerprint density at radius 1 is 1.08 bits per heavy atom. The molecule has 0 amide bonds. The molecule has 0 aliphatic carbocycles. The summed E-state index contributed by atoms with van der Waals surface area (Å²) in [6.07, 6.45) is -2.11. The minimum absolute atomic E-state index is 0.434. The minimum atomic E-state index is -1.10. The van der Waals surface area contributed by atoms with E-state index in [9.17, 15) is 5.11 Å². The molecule has 2 atom stereocenters. The summed E-state index contributed by atoms with van der Waals surface area (Å²) in [6, 6.07) is 8.75. The minimum Gasteiger partial charge on any atom is -0.394 e. The number of aliphatic hydroxyl groups excluding tert-OH is 3. The van der Waals surface area contributed by atoms with Gasteiger partial charge in [-0.3, -0.25) is 0 Å². The molecule has 0 fully saturated rings. The van der Waals surface area contributed by atoms with Crippen LogP contribution in [0.1, 0.15) is 11.7 Å². The maximum atomic E-state index is 9.38. The van der Waals surface area contributed by atoms with Crippen LogP contribution in [0.5, 0.6) is 0 Å². The monoisotopic (exact) mass is 168 g/mol. The van der Waals surface area contributed by atoms with Crippen LogP contribution >= 0.6 is 0 Å². The average molecular weight is 168 g/mol. The molecule has 0 aliphatic heterocycles. The molecule has 3 heteroatoms. The van der Waals surface area contributed by atoms with Gasteiger partial charge in [0, 0.05) is 0 Å². The van der Waals surface area contributed by atoms with Crippen molar-refractivity contribution in [2.45, 2.75) is 12.2 Å². The van der Waals surface area contributed by atoms with E-state index in [4.69, 9.17) is 10.2 Å². The molecule has 3 N–H and O–H groups in total. The first-order valence-corrected chi connectivity index (χ1v) is 3.77. The normalized spacial score (nSPS) is 15.6. The fraction of sp³-hybridized carbons (Fsp3) is 0.333. The van der Waals surface area contributed by atoms with Gasteiger partial charge in [-0.25, -0.2) is 0 Å². The highest BCUT2D eigenvalue weighted by Gasteiger charge is 2.16. The van der Waals surface area contributed by atoms with E-state index in [1.54, 1.807) is 24.3 Å². The summed E-state index contributed by atoms with van der Waals surface area (Å²) in [7, 11) is 0. The first-order valence-electron chi connectivity index (χ1n) is 3.77. The van der Waals surface area contributed by atoms with Gasteiger partial charge in [0.25, 0.3) is 0 Å². The molecule has 0 saturated heterocycles. The molecule has 1 aromatic rings. The van der Waals surface area contributed by atoms with Gasteiger partial charge in [0.05, 0.1) is 6.61 Å². The Morgan fingerprint density at radius 2 is 1.67 bits per heavy atom. The van der Waals surface area contributed by atoms with E-state index in [2.05, 4.69) is 0 Å². The second-order valence-electron chi connectivity index (χ2n) is 2.61. The van der Waals surface area contributed by atoms with Crippen LogP contribution in [0.3, 0.4) is 0 Å². The molecule has 66 valence electrons. The highest BCUT2D eigenvalue weighted by atomic mass is 16.4. The number of aliphatic hydroxyl groups is 3. The SMILES string of the molecule is OC[C@@H](O)C(O)c1ccccc1. The lowest BCUT2D eigenvalue weighted by molar-refractivity contribution is -0.0152. The standard InChI is InChI=1S/C9H12O3/c10-6-8(11)9(12)7-4-2-1-3-5-7/h1-5,8-12H,6H2/t8-,9?/m1/s1. The smallest absolute Gasteiger partial charge is 0.107 e. The topological polar surface area (TPSA) is 60.7 Å². The van der Waals surface area contributed by atoms with Crippen LogP contribution in [0.4, 0.5) is 0 Å². The van der Waals surface area contributed by atoms with E-state index >= 15 is 0 Å². The lowest BCUT2D eigenvalue weighted by Gasteiger charge is -2.15. The molecular weight excluding hydrogens is 156 g/mol. The molecule has 0 bridgehead atoms. The fourth-order valence-electron chi connectivity index (χ4n) is 0.972. The van der Waals surface area contributed by atoms with Crippen molar-refractivity contribution in [3.05, 3.63) is 35.9 Å². The molecule has 0 heterocycles. The van der Waals surface area contributed by atoms with E-state index in [0.717, 1.165) is 0 Å². The highest BCUT2D eigenvalue weighted by Crippen LogP contribution is 2.15. The van der Waals surface area contributed by atoms with Gasteiger partial charge in [0.15, 0.2) is 0 Å². The Kier molecular flexibility index (Phi) is 3.22. The molecule has 0 spiro atoms. The van der Waals surface area contributed by atoms with Crippen molar-refractivity contribution in [1.82, 2.24) is 0 Å². The highest BCUT2D eigenvalue weighted by molar-refractivity contribution is 5.18. The van der Waals surface area contributed by atoms with Crippen LogP contribution in [-0.4, -0.2) is 28.0 Å². The van der Waals surface area contributed by atoms with E-state index in [1.165, 1.54) is 0 Å². The molecule has 1 unspecified atom stereocenters. The summed E-state index contributed by atoms with van der Waals surface area (Å²) in [4.78, 5) is 0. The van der Waals surface area contributed by atoms with Crippen LogP contribution in [-0.2, 0) is 0 Å². The molecular formula is C9H12O3. The third kappa shape index (κ3) is 2.04. The van der Waals surface area contributed by atoms with Crippen molar-refractivity contribution in [1.29, 1.82) is 0 Å². The lowest BCUT2D eigenvalue weighted by Crippen LogP contribution is -2.21. The quantitative estimate of drug-likeness (QED) is 0.598. The van der Waals surface area contributed by atoms with Crippen LogP contribution in [0.15, 0.2) is 30.3 Å². The van der Waals surface area contributed by atoms with Gasteiger partial charge in [-0.1, -0.05) is 30.3 Å². The third-order valence-corrected chi connectivity index (χ3v) is 1.69. The van der Waals surface area contributed by atoms with Crippen LogP contribution in [0, 0.1) is 0 Å². The first-order chi connectivity index (χ1) is 5.75. The Morgan fingerprint density at radius 3 is 2.17 bits per heavy atom. The van der Waals surface area contributed by atoms with Gasteiger partial charge in [-0.2, -0.15) is 0 Å². The Bertz CT molecular complexity index is 222. The van der Waals surface area contributed by atoms with Crippen molar-refractivity contribution in [3.63, 3.8) is 0 Å². The van der Waals surface area contributed by atoms with Crippen molar-refractivity contribution in [2.24, 2.45) is 0 Å². The van der Waals surface area contributed by atoms with Gasteiger partial charge in [-0.05, 0) is 5.56 Å². The summed E-state index contributed by atoms with van der Waals surface area (Å²) in [5.41, 5.74) is 0.610. The van der Waals surface area contributed by atoms with Gasteiger partial charge in [0.2, 0.25) is 0 Å². The number of rotatable bonds is 3. The van der Waals surface area contributed by atoms with Crippen LogP contribution in [0.2, 0.25) is 0 Å². The molecule has 12 heavy (non-hydrogen) atoms. The van der Waals surface area contributed by atoms with Crippen LogP contribution in [0.25, 0.3) is 0 Å². The fourth-order valence-corrected chi connectivity index (χ4v) is 0.972. The zero-order chi connectivity index (χ0) is 8.97. The molecule has 0 radical (unpaired) electrons. The largest absolute Gasteiger partial charge is 0.394 e. The predicted molar refractivity (Wildman–Crippen MR) is 44.5 cm³/mol. The Hall–Kier alpha value is -0.900. The van der Waals surface area contributed by atoms with Gasteiger partial charge in [-0.15, -0.1) is 0 Å². The molecule has 0 saturated carbocycles.